The zero-order valence-corrected chi connectivity index (χ0v) is 15.0. The monoisotopic (exact) mass is 522 g/mol. The highest BCUT2D eigenvalue weighted by Crippen LogP contribution is 2.91. The minimum Gasteiger partial charge on any atom is -0.460 e. The second-order valence-electron chi connectivity index (χ2n) is 7.62. The maximum absolute atomic E-state index is 14.8. The lowest BCUT2D eigenvalue weighted by Crippen LogP contribution is -3.07. The van der Waals surface area contributed by atoms with Crippen molar-refractivity contribution >= 4 is 5.97 Å². The number of carbonyl (C=O) groups is 1. The zero-order valence-electron chi connectivity index (χ0n) is 15.0. The quantitative estimate of drug-likeness (QED) is 0.282. The summed E-state index contributed by atoms with van der Waals surface area (Å²) in [6.45, 7) is -0.252. The molecule has 4 aliphatic carbocycles. The van der Waals surface area contributed by atoms with Crippen molar-refractivity contribution in [2.24, 2.45) is 5.41 Å². The van der Waals surface area contributed by atoms with Crippen LogP contribution in [0.25, 0.3) is 0 Å². The van der Waals surface area contributed by atoms with Crippen LogP contribution in [0.5, 0.6) is 0 Å². The van der Waals surface area contributed by atoms with Gasteiger partial charge in [-0.3, -0.25) is 0 Å². The number of hydrogen-bond acceptors (Lipinski definition) is 2. The van der Waals surface area contributed by atoms with Crippen LogP contribution in [0.1, 0.15) is 6.42 Å². The van der Waals surface area contributed by atoms with Gasteiger partial charge < -0.3 is 4.74 Å². The minimum absolute atomic E-state index is 2.17. The molecule has 190 valence electrons. The summed E-state index contributed by atoms with van der Waals surface area (Å²) in [5.41, 5.74) is -29.8. The maximum Gasteiger partial charge on any atom is 0.366 e. The van der Waals surface area contributed by atoms with Crippen molar-refractivity contribution in [2.75, 3.05) is 6.61 Å². The Morgan fingerprint density at radius 1 is 0.576 bits per heavy atom. The standard InChI is InChI=1S/C15H6F16O2/c1-4(16)5(32)33-3-2-6-10(20,21)7(17)13(26,27)8(18,11(6,22)23)15(30,31)9(19,12(6,24)25)14(7,28)29/h1-3H2. The van der Waals surface area contributed by atoms with E-state index in [9.17, 15) is 75.0 Å². The molecular formula is C15H6F16O2. The molecule has 0 amide bonds. The van der Waals surface area contributed by atoms with Gasteiger partial charge in [0, 0.05) is 6.42 Å². The first-order valence-corrected chi connectivity index (χ1v) is 8.18. The molecule has 4 aliphatic rings. The lowest BCUT2D eigenvalue weighted by molar-refractivity contribution is -0.613. The summed E-state index contributed by atoms with van der Waals surface area (Å²) in [5.74, 6) is -50.9. The average molecular weight is 522 g/mol. The molecule has 4 saturated carbocycles. The van der Waals surface area contributed by atoms with E-state index in [4.69, 9.17) is 0 Å². The second-order valence-corrected chi connectivity index (χ2v) is 7.62. The van der Waals surface area contributed by atoms with Crippen molar-refractivity contribution in [2.45, 2.75) is 59.0 Å². The predicted molar refractivity (Wildman–Crippen MR) is 69.5 cm³/mol. The highest BCUT2D eigenvalue weighted by atomic mass is 19.3. The van der Waals surface area contributed by atoms with E-state index in [1.54, 1.807) is 0 Å². The second kappa shape index (κ2) is 5.66. The van der Waals surface area contributed by atoms with Crippen LogP contribution in [0.2, 0.25) is 0 Å². The Labute approximate surface area is 170 Å². The predicted octanol–water partition coefficient (Wildman–Crippen LogP) is 5.37. The van der Waals surface area contributed by atoms with Gasteiger partial charge in [0.25, 0.3) is 0 Å². The van der Waals surface area contributed by atoms with Crippen molar-refractivity contribution in [3.8, 4) is 0 Å². The van der Waals surface area contributed by atoms with Crippen molar-refractivity contribution in [1.82, 2.24) is 0 Å². The number of esters is 1. The van der Waals surface area contributed by atoms with E-state index in [2.05, 4.69) is 11.3 Å². The van der Waals surface area contributed by atoms with Crippen LogP contribution < -0.4 is 0 Å². The van der Waals surface area contributed by atoms with Gasteiger partial charge in [-0.25, -0.2) is 44.3 Å². The van der Waals surface area contributed by atoms with Crippen molar-refractivity contribution in [1.29, 1.82) is 0 Å². The molecule has 0 unspecified atom stereocenters. The Morgan fingerprint density at radius 3 is 1.09 bits per heavy atom. The minimum atomic E-state index is -7.88. The van der Waals surface area contributed by atoms with E-state index in [0.717, 1.165) is 0 Å². The molecule has 0 heterocycles. The number of alkyl halides is 15. The normalized spacial score (nSPS) is 44.4. The van der Waals surface area contributed by atoms with Crippen LogP contribution in [-0.4, -0.2) is 65.1 Å². The van der Waals surface area contributed by atoms with E-state index in [-0.39, 0.29) is 0 Å². The van der Waals surface area contributed by atoms with E-state index >= 15 is 0 Å². The van der Waals surface area contributed by atoms with Crippen molar-refractivity contribution in [3.05, 3.63) is 12.4 Å². The van der Waals surface area contributed by atoms with Gasteiger partial charge in [-0.15, -0.1) is 0 Å². The smallest absolute Gasteiger partial charge is 0.366 e. The van der Waals surface area contributed by atoms with Gasteiger partial charge in [0.15, 0.2) is 5.41 Å². The third-order valence-electron chi connectivity index (χ3n) is 6.43. The van der Waals surface area contributed by atoms with Crippen LogP contribution in [0.4, 0.5) is 70.2 Å². The number of halogens is 16. The van der Waals surface area contributed by atoms with Crippen LogP contribution in [-0.2, 0) is 9.53 Å². The molecule has 0 saturated heterocycles. The molecule has 4 fully saturated rings. The summed E-state index contributed by atoms with van der Waals surface area (Å²) in [7, 11) is 0. The molecule has 0 aromatic heterocycles. The van der Waals surface area contributed by atoms with E-state index in [1.807, 2.05) is 0 Å². The fourth-order valence-corrected chi connectivity index (χ4v) is 4.81. The summed E-state index contributed by atoms with van der Waals surface area (Å²) in [6.07, 6.45) is -3.26. The first kappa shape index (κ1) is 25.7. The summed E-state index contributed by atoms with van der Waals surface area (Å²) < 4.78 is 234. The topological polar surface area (TPSA) is 26.3 Å². The Balaban J connectivity index is 2.47. The highest BCUT2D eigenvalue weighted by Gasteiger charge is 3.22. The fraction of sp³-hybridized carbons (Fsp3) is 0.800. The van der Waals surface area contributed by atoms with Gasteiger partial charge >= 0.3 is 58.5 Å². The Morgan fingerprint density at radius 2 is 0.848 bits per heavy atom. The zero-order chi connectivity index (χ0) is 26.3. The van der Waals surface area contributed by atoms with Gasteiger partial charge in [0.05, 0.1) is 6.61 Å². The maximum atomic E-state index is 14.8. The molecule has 0 aromatic carbocycles. The first-order chi connectivity index (χ1) is 14.3. The molecule has 4 rings (SSSR count). The Hall–Kier alpha value is -1.91. The Bertz CT molecular complexity index is 825. The number of ether oxygens (including phenoxy) is 1. The lowest BCUT2D eigenvalue weighted by atomic mass is 9.36. The summed E-state index contributed by atoms with van der Waals surface area (Å²) in [4.78, 5) is 10.9. The number of rotatable bonds is 4. The molecule has 4 bridgehead atoms. The van der Waals surface area contributed by atoms with Gasteiger partial charge in [-0.05, 0) is 0 Å². The average Bonchev–Trinajstić information content (AvgIpc) is 2.64. The molecule has 0 aliphatic heterocycles. The summed E-state index contributed by atoms with van der Waals surface area (Å²) in [6, 6.07) is 0. The molecule has 0 spiro atoms. The number of carbonyl (C=O) groups excluding carboxylic acids is 1. The molecule has 0 aromatic rings. The van der Waals surface area contributed by atoms with Crippen LogP contribution >= 0.6 is 0 Å². The van der Waals surface area contributed by atoms with Crippen molar-refractivity contribution in [3.63, 3.8) is 0 Å². The van der Waals surface area contributed by atoms with E-state index in [1.165, 1.54) is 0 Å². The molecular weight excluding hydrogens is 516 g/mol. The highest BCUT2D eigenvalue weighted by molar-refractivity contribution is 5.85. The van der Waals surface area contributed by atoms with Crippen molar-refractivity contribution < 1.29 is 79.8 Å². The molecule has 2 nitrogen and oxygen atoms in total. The van der Waals surface area contributed by atoms with Gasteiger partial charge in [-0.2, -0.15) is 30.7 Å². The van der Waals surface area contributed by atoms with Crippen LogP contribution in [0, 0.1) is 5.41 Å². The first-order valence-electron chi connectivity index (χ1n) is 8.18. The third-order valence-corrected chi connectivity index (χ3v) is 6.43. The van der Waals surface area contributed by atoms with Gasteiger partial charge in [0.2, 0.25) is 5.83 Å². The van der Waals surface area contributed by atoms with E-state index < -0.39 is 82.8 Å². The third kappa shape index (κ3) is 1.73. The summed E-state index contributed by atoms with van der Waals surface area (Å²) in [5, 5.41) is 0. The summed E-state index contributed by atoms with van der Waals surface area (Å²) >= 11 is 0. The molecule has 0 radical (unpaired) electrons. The molecule has 0 N–H and O–H groups in total. The van der Waals surface area contributed by atoms with Gasteiger partial charge in [0.1, 0.15) is 0 Å². The molecule has 0 atom stereocenters. The lowest BCUT2D eigenvalue weighted by Gasteiger charge is -2.75. The SMILES string of the molecule is C=C(F)C(=O)OCCC12C(F)(F)C3(F)C(F)(F)C(F)(C(F)(F)C(F)(C3(F)F)C1(F)F)C2(F)F. The molecule has 33 heavy (non-hydrogen) atoms. The van der Waals surface area contributed by atoms with E-state index in [0.29, 0.717) is 0 Å². The van der Waals surface area contributed by atoms with Gasteiger partial charge in [-0.1, -0.05) is 6.58 Å². The van der Waals surface area contributed by atoms with Crippen LogP contribution in [0.15, 0.2) is 12.4 Å². The van der Waals surface area contributed by atoms with Crippen LogP contribution in [0.3, 0.4) is 0 Å². The Kier molecular flexibility index (Phi) is 4.41. The number of hydrogen-bond donors (Lipinski definition) is 0. The molecule has 18 heteroatoms. The fourth-order valence-electron chi connectivity index (χ4n) is 4.81. The largest absolute Gasteiger partial charge is 0.460 e.